The highest BCUT2D eigenvalue weighted by atomic mass is 16.1. The number of nitrogens with one attached hydrogen (secondary N) is 2. The first kappa shape index (κ1) is 15.0. The number of aryl methyl sites for hydroxylation is 1. The summed E-state index contributed by atoms with van der Waals surface area (Å²) in [6.07, 6.45) is 4.82. The number of rotatable bonds is 6. The summed E-state index contributed by atoms with van der Waals surface area (Å²) in [7, 11) is 2.16. The molecule has 6 nitrogen and oxygen atoms in total. The number of aromatic nitrogens is 3. The van der Waals surface area contributed by atoms with Gasteiger partial charge >= 0.3 is 0 Å². The van der Waals surface area contributed by atoms with E-state index in [1.165, 1.54) is 19.4 Å². The van der Waals surface area contributed by atoms with Gasteiger partial charge in [-0.25, -0.2) is 4.98 Å². The molecule has 1 fully saturated rings. The Morgan fingerprint density at radius 3 is 3.10 bits per heavy atom. The van der Waals surface area contributed by atoms with Gasteiger partial charge in [0, 0.05) is 25.9 Å². The van der Waals surface area contributed by atoms with E-state index in [-0.39, 0.29) is 5.91 Å². The quantitative estimate of drug-likeness (QED) is 0.811. The monoisotopic (exact) mass is 279 g/mol. The number of piperidine rings is 1. The third kappa shape index (κ3) is 4.92. The molecule has 0 bridgehead atoms. The van der Waals surface area contributed by atoms with E-state index in [1.54, 1.807) is 0 Å². The number of nitrogens with zero attached hydrogens (tertiary/aromatic N) is 3. The fourth-order valence-corrected chi connectivity index (χ4v) is 2.75. The van der Waals surface area contributed by atoms with Gasteiger partial charge in [0.2, 0.25) is 5.91 Å². The summed E-state index contributed by atoms with van der Waals surface area (Å²) in [4.78, 5) is 18.4. The molecule has 0 unspecified atom stereocenters. The zero-order valence-electron chi connectivity index (χ0n) is 12.5. The molecular formula is C14H25N5O. The Kier molecular flexibility index (Phi) is 5.52. The van der Waals surface area contributed by atoms with E-state index in [2.05, 4.69) is 32.4 Å². The summed E-state index contributed by atoms with van der Waals surface area (Å²) in [5.74, 6) is 2.39. The maximum absolute atomic E-state index is 11.8. The van der Waals surface area contributed by atoms with Gasteiger partial charge in [0.15, 0.2) is 5.82 Å². The first-order valence-electron chi connectivity index (χ1n) is 7.46. The second-order valence-electron chi connectivity index (χ2n) is 5.75. The lowest BCUT2D eigenvalue weighted by atomic mass is 9.93. The van der Waals surface area contributed by atoms with Crippen molar-refractivity contribution >= 4 is 5.91 Å². The topological polar surface area (TPSA) is 73.9 Å². The fraction of sp³-hybridized carbons (Fsp3) is 0.786. The van der Waals surface area contributed by atoms with Gasteiger partial charge < -0.3 is 10.2 Å². The molecule has 0 aromatic carbocycles. The molecule has 1 amide bonds. The maximum Gasteiger partial charge on any atom is 0.220 e. The normalized spacial score (nSPS) is 20.0. The Bertz CT molecular complexity index is 431. The zero-order chi connectivity index (χ0) is 14.4. The molecule has 0 saturated carbocycles. The lowest BCUT2D eigenvalue weighted by molar-refractivity contribution is -0.121. The molecule has 1 aliphatic rings. The molecule has 1 aromatic rings. The lowest BCUT2D eigenvalue weighted by Crippen LogP contribution is -2.33. The van der Waals surface area contributed by atoms with E-state index in [0.29, 0.717) is 25.3 Å². The second kappa shape index (κ2) is 7.38. The van der Waals surface area contributed by atoms with Crippen molar-refractivity contribution in [3.63, 3.8) is 0 Å². The van der Waals surface area contributed by atoms with E-state index in [4.69, 9.17) is 0 Å². The van der Waals surface area contributed by atoms with Crippen molar-refractivity contribution in [2.45, 2.75) is 39.0 Å². The van der Waals surface area contributed by atoms with Crippen molar-refractivity contribution in [3.8, 4) is 0 Å². The molecule has 2 N–H and O–H groups in total. The van der Waals surface area contributed by atoms with Crippen LogP contribution in [0.4, 0.5) is 0 Å². The number of hydrogen-bond donors (Lipinski definition) is 2. The summed E-state index contributed by atoms with van der Waals surface area (Å²) in [6.45, 7) is 4.81. The van der Waals surface area contributed by atoms with Gasteiger partial charge in [-0.3, -0.25) is 9.89 Å². The van der Waals surface area contributed by atoms with E-state index >= 15 is 0 Å². The van der Waals surface area contributed by atoms with Crippen LogP contribution in [0.5, 0.6) is 0 Å². The minimum absolute atomic E-state index is 0.144. The first-order chi connectivity index (χ1) is 9.63. The molecule has 1 atom stereocenters. The average Bonchev–Trinajstić information content (AvgIpc) is 2.82. The summed E-state index contributed by atoms with van der Waals surface area (Å²) in [5, 5.41) is 9.79. The number of carbonyl (C=O) groups excluding carboxylic acids is 1. The molecule has 6 heteroatoms. The Balaban J connectivity index is 1.58. The van der Waals surface area contributed by atoms with Crippen LogP contribution in [0, 0.1) is 12.8 Å². The lowest BCUT2D eigenvalue weighted by Gasteiger charge is -2.29. The number of H-pyrrole nitrogens is 1. The van der Waals surface area contributed by atoms with Crippen LogP contribution < -0.4 is 5.32 Å². The number of carbonyl (C=O) groups is 1. The van der Waals surface area contributed by atoms with Crippen LogP contribution in [0.1, 0.15) is 37.3 Å². The van der Waals surface area contributed by atoms with Crippen molar-refractivity contribution in [1.29, 1.82) is 0 Å². The van der Waals surface area contributed by atoms with Gasteiger partial charge in [0.25, 0.3) is 0 Å². The Morgan fingerprint density at radius 1 is 1.55 bits per heavy atom. The maximum atomic E-state index is 11.8. The largest absolute Gasteiger partial charge is 0.356 e. The zero-order valence-corrected chi connectivity index (χ0v) is 12.5. The van der Waals surface area contributed by atoms with Gasteiger partial charge in [-0.2, -0.15) is 5.10 Å². The number of likely N-dealkylation sites (tertiary alicyclic amines) is 1. The molecule has 1 saturated heterocycles. The van der Waals surface area contributed by atoms with Gasteiger partial charge in [0.1, 0.15) is 5.82 Å². The summed E-state index contributed by atoms with van der Waals surface area (Å²) in [6, 6.07) is 0. The summed E-state index contributed by atoms with van der Waals surface area (Å²) >= 11 is 0. The van der Waals surface area contributed by atoms with Gasteiger partial charge in [-0.05, 0) is 45.7 Å². The minimum atomic E-state index is 0.144. The minimum Gasteiger partial charge on any atom is -0.356 e. The van der Waals surface area contributed by atoms with Crippen LogP contribution in [0.15, 0.2) is 0 Å². The van der Waals surface area contributed by atoms with E-state index in [1.807, 2.05) is 6.92 Å². The standard InChI is InChI=1S/C14H25N5O/c1-11-16-13(18-17-11)7-8-15-14(20)6-5-12-4-3-9-19(2)10-12/h12H,3-10H2,1-2H3,(H,15,20)(H,16,17,18)/t12-/m1/s1. The molecule has 112 valence electrons. The summed E-state index contributed by atoms with van der Waals surface area (Å²) in [5.41, 5.74) is 0. The highest BCUT2D eigenvalue weighted by Crippen LogP contribution is 2.19. The second-order valence-corrected chi connectivity index (χ2v) is 5.75. The molecule has 2 heterocycles. The van der Waals surface area contributed by atoms with Crippen LogP contribution in [0.25, 0.3) is 0 Å². The molecule has 0 radical (unpaired) electrons. The van der Waals surface area contributed by atoms with E-state index < -0.39 is 0 Å². The predicted octanol–water partition coefficient (Wildman–Crippen LogP) is 0.894. The van der Waals surface area contributed by atoms with E-state index in [0.717, 1.165) is 24.6 Å². The third-order valence-corrected chi connectivity index (χ3v) is 3.82. The molecular weight excluding hydrogens is 254 g/mol. The highest BCUT2D eigenvalue weighted by Gasteiger charge is 2.17. The number of hydrogen-bond acceptors (Lipinski definition) is 4. The highest BCUT2D eigenvalue weighted by molar-refractivity contribution is 5.75. The van der Waals surface area contributed by atoms with Crippen LogP contribution in [0.2, 0.25) is 0 Å². The van der Waals surface area contributed by atoms with Crippen LogP contribution >= 0.6 is 0 Å². The van der Waals surface area contributed by atoms with Crippen LogP contribution in [-0.4, -0.2) is 52.7 Å². The van der Waals surface area contributed by atoms with E-state index in [9.17, 15) is 4.79 Å². The van der Waals surface area contributed by atoms with Crippen molar-refractivity contribution < 1.29 is 4.79 Å². The van der Waals surface area contributed by atoms with Gasteiger partial charge in [-0.15, -0.1) is 0 Å². The Labute approximate surface area is 120 Å². The molecule has 0 aliphatic carbocycles. The molecule has 1 aliphatic heterocycles. The number of aromatic amines is 1. The molecule has 2 rings (SSSR count). The Hall–Kier alpha value is -1.43. The van der Waals surface area contributed by atoms with Crippen LogP contribution in [-0.2, 0) is 11.2 Å². The Morgan fingerprint density at radius 2 is 2.40 bits per heavy atom. The molecule has 0 spiro atoms. The molecule has 1 aromatic heterocycles. The fourth-order valence-electron chi connectivity index (χ4n) is 2.75. The summed E-state index contributed by atoms with van der Waals surface area (Å²) < 4.78 is 0. The van der Waals surface area contributed by atoms with Crippen molar-refractivity contribution in [2.75, 3.05) is 26.7 Å². The van der Waals surface area contributed by atoms with Gasteiger partial charge in [-0.1, -0.05) is 0 Å². The predicted molar refractivity (Wildman–Crippen MR) is 77.3 cm³/mol. The SMILES string of the molecule is Cc1nc(CCNC(=O)CC[C@H]2CCCN(C)C2)n[nH]1. The first-order valence-corrected chi connectivity index (χ1v) is 7.46. The smallest absolute Gasteiger partial charge is 0.220 e. The number of amides is 1. The van der Waals surface area contributed by atoms with Crippen molar-refractivity contribution in [1.82, 2.24) is 25.4 Å². The van der Waals surface area contributed by atoms with Crippen molar-refractivity contribution in [3.05, 3.63) is 11.6 Å². The van der Waals surface area contributed by atoms with Gasteiger partial charge in [0.05, 0.1) is 0 Å². The van der Waals surface area contributed by atoms with Crippen LogP contribution in [0.3, 0.4) is 0 Å². The molecule has 20 heavy (non-hydrogen) atoms. The van der Waals surface area contributed by atoms with Crippen molar-refractivity contribution in [2.24, 2.45) is 5.92 Å². The average molecular weight is 279 g/mol. The third-order valence-electron chi connectivity index (χ3n) is 3.82.